The average Bonchev–Trinajstić information content (AvgIpc) is 2.37. The summed E-state index contributed by atoms with van der Waals surface area (Å²) < 4.78 is 0. The van der Waals surface area contributed by atoms with Crippen molar-refractivity contribution in [1.82, 2.24) is 10.3 Å². The zero-order chi connectivity index (χ0) is 14.4. The summed E-state index contributed by atoms with van der Waals surface area (Å²) in [5, 5.41) is 5.20. The normalized spacial score (nSPS) is 12.1. The van der Waals surface area contributed by atoms with Crippen LogP contribution in [0.3, 0.4) is 0 Å². The number of anilines is 1. The van der Waals surface area contributed by atoms with E-state index in [9.17, 15) is 9.59 Å². The van der Waals surface area contributed by atoms with Crippen molar-refractivity contribution in [1.29, 1.82) is 0 Å². The van der Waals surface area contributed by atoms with Crippen LogP contribution in [0, 0.1) is 5.92 Å². The summed E-state index contributed by atoms with van der Waals surface area (Å²) in [7, 11) is 0. The highest BCUT2D eigenvalue weighted by Gasteiger charge is 2.17. The summed E-state index contributed by atoms with van der Waals surface area (Å²) in [4.78, 5) is 27.0. The largest absolute Gasteiger partial charge is 0.346 e. The van der Waals surface area contributed by atoms with E-state index >= 15 is 0 Å². The van der Waals surface area contributed by atoms with Gasteiger partial charge < -0.3 is 16.4 Å². The van der Waals surface area contributed by atoms with Crippen LogP contribution >= 0.6 is 11.6 Å². The smallest absolute Gasteiger partial charge is 0.243 e. The summed E-state index contributed by atoms with van der Waals surface area (Å²) in [5.74, 6) is -0.738. The van der Waals surface area contributed by atoms with E-state index in [0.29, 0.717) is 5.69 Å². The number of nitrogens with one attached hydrogen (secondary N) is 2. The van der Waals surface area contributed by atoms with Gasteiger partial charge in [0.15, 0.2) is 5.15 Å². The molecule has 0 fully saturated rings. The molecule has 1 aromatic rings. The van der Waals surface area contributed by atoms with Gasteiger partial charge in [0.25, 0.3) is 0 Å². The molecule has 1 heterocycles. The Morgan fingerprint density at radius 3 is 2.74 bits per heavy atom. The lowest BCUT2D eigenvalue weighted by atomic mass is 10.1. The van der Waals surface area contributed by atoms with E-state index in [1.165, 1.54) is 6.20 Å². The molecule has 19 heavy (non-hydrogen) atoms. The zero-order valence-corrected chi connectivity index (χ0v) is 11.6. The van der Waals surface area contributed by atoms with E-state index < -0.39 is 6.04 Å². The lowest BCUT2D eigenvalue weighted by Crippen LogP contribution is -2.46. The number of hydrogen-bond acceptors (Lipinski definition) is 4. The van der Waals surface area contributed by atoms with Crippen molar-refractivity contribution in [3.8, 4) is 0 Å². The molecule has 0 unspecified atom stereocenters. The molecule has 1 rings (SSSR count). The summed E-state index contributed by atoms with van der Waals surface area (Å²) in [6.45, 7) is 3.50. The number of hydrogen-bond donors (Lipinski definition) is 3. The number of halogens is 1. The van der Waals surface area contributed by atoms with Crippen molar-refractivity contribution in [2.24, 2.45) is 11.7 Å². The molecule has 0 radical (unpaired) electrons. The summed E-state index contributed by atoms with van der Waals surface area (Å²) in [5.41, 5.74) is 6.05. The SMILES string of the molecule is CC(C)[C@H](N)C(=O)NCC(=O)Nc1cccnc1Cl. The lowest BCUT2D eigenvalue weighted by Gasteiger charge is -2.15. The highest BCUT2D eigenvalue weighted by Crippen LogP contribution is 2.16. The van der Waals surface area contributed by atoms with Crippen LogP contribution in [0.25, 0.3) is 0 Å². The predicted octanol–water partition coefficient (Wildman–Crippen LogP) is 0.773. The van der Waals surface area contributed by atoms with Gasteiger partial charge in [-0.1, -0.05) is 25.4 Å². The quantitative estimate of drug-likeness (QED) is 0.696. The Balaban J connectivity index is 2.45. The van der Waals surface area contributed by atoms with Crippen molar-refractivity contribution >= 4 is 29.1 Å². The maximum Gasteiger partial charge on any atom is 0.243 e. The van der Waals surface area contributed by atoms with Gasteiger partial charge >= 0.3 is 0 Å². The van der Waals surface area contributed by atoms with Crippen LogP contribution in [0.4, 0.5) is 5.69 Å². The van der Waals surface area contributed by atoms with Gasteiger partial charge in [-0.15, -0.1) is 0 Å². The molecule has 2 amide bonds. The predicted molar refractivity (Wildman–Crippen MR) is 73.7 cm³/mol. The van der Waals surface area contributed by atoms with Gasteiger partial charge in [-0.25, -0.2) is 4.98 Å². The molecule has 0 aliphatic rings. The maximum absolute atomic E-state index is 11.6. The number of carbonyl (C=O) groups excluding carboxylic acids is 2. The minimum Gasteiger partial charge on any atom is -0.346 e. The Labute approximate surface area is 116 Å². The Kier molecular flexibility index (Phi) is 5.72. The highest BCUT2D eigenvalue weighted by atomic mass is 35.5. The summed E-state index contributed by atoms with van der Waals surface area (Å²) in [6, 6.07) is 2.64. The third kappa shape index (κ3) is 4.84. The van der Waals surface area contributed by atoms with Crippen molar-refractivity contribution in [2.45, 2.75) is 19.9 Å². The molecule has 4 N–H and O–H groups in total. The summed E-state index contributed by atoms with van der Waals surface area (Å²) in [6.07, 6.45) is 1.52. The van der Waals surface area contributed by atoms with Crippen LogP contribution in [0.2, 0.25) is 5.15 Å². The highest BCUT2D eigenvalue weighted by molar-refractivity contribution is 6.32. The standard InChI is InChI=1S/C12H17ClN4O2/c1-7(2)10(14)12(19)16-6-9(18)17-8-4-3-5-15-11(8)13/h3-5,7,10H,6,14H2,1-2H3,(H,16,19)(H,17,18)/t10-/m0/s1. The molecule has 0 bridgehead atoms. The first-order valence-corrected chi connectivity index (χ1v) is 6.23. The van der Waals surface area contributed by atoms with Crippen LogP contribution < -0.4 is 16.4 Å². The second kappa shape index (κ2) is 7.06. The molecule has 7 heteroatoms. The molecule has 1 atom stereocenters. The van der Waals surface area contributed by atoms with Gasteiger partial charge in [0.2, 0.25) is 11.8 Å². The van der Waals surface area contributed by atoms with E-state index in [1.807, 2.05) is 13.8 Å². The van der Waals surface area contributed by atoms with Gasteiger partial charge in [0, 0.05) is 6.20 Å². The number of pyridine rings is 1. The third-order valence-electron chi connectivity index (χ3n) is 2.48. The number of carbonyl (C=O) groups is 2. The molecule has 0 saturated heterocycles. The van der Waals surface area contributed by atoms with Crippen LogP contribution in [-0.2, 0) is 9.59 Å². The topological polar surface area (TPSA) is 97.1 Å². The van der Waals surface area contributed by atoms with E-state index in [2.05, 4.69) is 15.6 Å². The van der Waals surface area contributed by atoms with E-state index in [0.717, 1.165) is 0 Å². The Morgan fingerprint density at radius 2 is 2.16 bits per heavy atom. The van der Waals surface area contributed by atoms with Crippen molar-refractivity contribution in [3.05, 3.63) is 23.5 Å². The molecule has 0 spiro atoms. The molecule has 0 aliphatic heterocycles. The van der Waals surface area contributed by atoms with Crippen LogP contribution in [-0.4, -0.2) is 29.4 Å². The monoisotopic (exact) mass is 284 g/mol. The molecule has 0 aliphatic carbocycles. The first-order valence-electron chi connectivity index (χ1n) is 5.85. The second-order valence-corrected chi connectivity index (χ2v) is 4.74. The molecular formula is C12H17ClN4O2. The molecule has 6 nitrogen and oxygen atoms in total. The number of rotatable bonds is 5. The number of aromatic nitrogens is 1. The van der Waals surface area contributed by atoms with Gasteiger partial charge in [-0.2, -0.15) is 0 Å². The first kappa shape index (κ1) is 15.4. The third-order valence-corrected chi connectivity index (χ3v) is 2.78. The van der Waals surface area contributed by atoms with E-state index in [4.69, 9.17) is 17.3 Å². The number of nitrogens with two attached hydrogens (primary N) is 1. The minimum absolute atomic E-state index is 0.0100. The van der Waals surface area contributed by atoms with E-state index in [1.54, 1.807) is 12.1 Å². The Hall–Kier alpha value is -1.66. The fourth-order valence-electron chi connectivity index (χ4n) is 1.26. The minimum atomic E-state index is -0.630. The Morgan fingerprint density at radius 1 is 1.47 bits per heavy atom. The Bertz CT molecular complexity index is 465. The fraction of sp³-hybridized carbons (Fsp3) is 0.417. The van der Waals surface area contributed by atoms with Crippen LogP contribution in [0.1, 0.15) is 13.8 Å². The van der Waals surface area contributed by atoms with E-state index in [-0.39, 0.29) is 29.4 Å². The molecule has 1 aromatic heterocycles. The van der Waals surface area contributed by atoms with Gasteiger partial charge in [-0.05, 0) is 18.1 Å². The van der Waals surface area contributed by atoms with Gasteiger partial charge in [-0.3, -0.25) is 9.59 Å². The van der Waals surface area contributed by atoms with Gasteiger partial charge in [0.05, 0.1) is 18.3 Å². The number of nitrogens with zero attached hydrogens (tertiary/aromatic N) is 1. The van der Waals surface area contributed by atoms with Crippen molar-refractivity contribution in [2.75, 3.05) is 11.9 Å². The second-order valence-electron chi connectivity index (χ2n) is 4.38. The molecule has 104 valence electrons. The fourth-order valence-corrected chi connectivity index (χ4v) is 1.43. The molecule has 0 saturated carbocycles. The summed E-state index contributed by atoms with van der Waals surface area (Å²) >= 11 is 5.79. The number of amides is 2. The van der Waals surface area contributed by atoms with Crippen LogP contribution in [0.5, 0.6) is 0 Å². The van der Waals surface area contributed by atoms with Crippen LogP contribution in [0.15, 0.2) is 18.3 Å². The molecule has 0 aromatic carbocycles. The zero-order valence-electron chi connectivity index (χ0n) is 10.8. The maximum atomic E-state index is 11.6. The van der Waals surface area contributed by atoms with Crippen molar-refractivity contribution < 1.29 is 9.59 Å². The van der Waals surface area contributed by atoms with Crippen molar-refractivity contribution in [3.63, 3.8) is 0 Å². The lowest BCUT2D eigenvalue weighted by molar-refractivity contribution is -0.125. The average molecular weight is 285 g/mol. The first-order chi connectivity index (χ1) is 8.91. The molecular weight excluding hydrogens is 268 g/mol. The van der Waals surface area contributed by atoms with Gasteiger partial charge in [0.1, 0.15) is 0 Å².